The van der Waals surface area contributed by atoms with Gasteiger partial charge in [0.15, 0.2) is 11.5 Å². The van der Waals surface area contributed by atoms with Crippen molar-refractivity contribution in [1.82, 2.24) is 15.5 Å². The summed E-state index contributed by atoms with van der Waals surface area (Å²) in [5, 5.41) is 5.43. The summed E-state index contributed by atoms with van der Waals surface area (Å²) < 4.78 is 11.0. The zero-order chi connectivity index (χ0) is 19.1. The molecule has 0 saturated carbocycles. The van der Waals surface area contributed by atoms with Crippen LogP contribution in [-0.4, -0.2) is 48.0 Å². The highest BCUT2D eigenvalue weighted by molar-refractivity contribution is 6.09. The molecule has 0 radical (unpaired) electrons. The third-order valence-electron chi connectivity index (χ3n) is 4.21. The van der Waals surface area contributed by atoms with Gasteiger partial charge in [-0.1, -0.05) is 6.07 Å². The van der Waals surface area contributed by atoms with Crippen molar-refractivity contribution in [3.05, 3.63) is 23.8 Å². The summed E-state index contributed by atoms with van der Waals surface area (Å²) in [7, 11) is 0. The first kappa shape index (κ1) is 18.0. The SMILES string of the molecule is CC(C)(C)NC(=O)CN1C(=O)NC(C)(c2ccc3c(c2)OCCO3)C1=O. The Morgan fingerprint density at radius 2 is 1.88 bits per heavy atom. The Morgan fingerprint density at radius 3 is 2.54 bits per heavy atom. The number of fused-ring (bicyclic) bond motifs is 1. The van der Waals surface area contributed by atoms with Crippen LogP contribution in [0.2, 0.25) is 0 Å². The van der Waals surface area contributed by atoms with E-state index in [-0.39, 0.29) is 6.54 Å². The molecule has 1 aromatic carbocycles. The van der Waals surface area contributed by atoms with E-state index in [0.29, 0.717) is 30.3 Å². The molecule has 8 nitrogen and oxygen atoms in total. The number of ether oxygens (including phenoxy) is 2. The van der Waals surface area contributed by atoms with Gasteiger partial charge in [-0.2, -0.15) is 0 Å². The Morgan fingerprint density at radius 1 is 1.23 bits per heavy atom. The molecule has 2 N–H and O–H groups in total. The van der Waals surface area contributed by atoms with E-state index in [0.717, 1.165) is 4.90 Å². The Labute approximate surface area is 151 Å². The van der Waals surface area contributed by atoms with Crippen molar-refractivity contribution in [3.63, 3.8) is 0 Å². The van der Waals surface area contributed by atoms with Crippen LogP contribution in [0.5, 0.6) is 11.5 Å². The lowest BCUT2D eigenvalue weighted by molar-refractivity contribution is -0.135. The number of hydrogen-bond donors (Lipinski definition) is 2. The molecule has 4 amide bonds. The van der Waals surface area contributed by atoms with Crippen LogP contribution >= 0.6 is 0 Å². The van der Waals surface area contributed by atoms with Gasteiger partial charge in [-0.3, -0.25) is 14.5 Å². The number of carbonyl (C=O) groups is 3. The molecule has 1 saturated heterocycles. The van der Waals surface area contributed by atoms with Crippen LogP contribution < -0.4 is 20.1 Å². The third kappa shape index (κ3) is 3.31. The van der Waals surface area contributed by atoms with Crippen molar-refractivity contribution in [1.29, 1.82) is 0 Å². The van der Waals surface area contributed by atoms with Gasteiger partial charge in [0.05, 0.1) is 0 Å². The molecular formula is C18H23N3O5. The van der Waals surface area contributed by atoms with E-state index in [4.69, 9.17) is 9.47 Å². The number of rotatable bonds is 3. The molecule has 1 unspecified atom stereocenters. The summed E-state index contributed by atoms with van der Waals surface area (Å²) in [6.45, 7) is 7.66. The summed E-state index contributed by atoms with van der Waals surface area (Å²) in [5.74, 6) is 0.249. The lowest BCUT2D eigenvalue weighted by Gasteiger charge is -2.25. The van der Waals surface area contributed by atoms with E-state index < -0.39 is 28.9 Å². The highest BCUT2D eigenvalue weighted by Crippen LogP contribution is 2.36. The second kappa shape index (κ2) is 6.19. The smallest absolute Gasteiger partial charge is 0.325 e. The molecule has 8 heteroatoms. The summed E-state index contributed by atoms with van der Waals surface area (Å²) in [6, 6.07) is 4.51. The van der Waals surface area contributed by atoms with Crippen LogP contribution in [0.3, 0.4) is 0 Å². The second-order valence-corrected chi connectivity index (χ2v) is 7.60. The molecule has 0 spiro atoms. The number of imide groups is 1. The molecule has 0 aliphatic carbocycles. The molecule has 1 aromatic rings. The molecular weight excluding hydrogens is 338 g/mol. The Balaban J connectivity index is 1.82. The number of nitrogens with one attached hydrogen (secondary N) is 2. The number of carbonyl (C=O) groups excluding carboxylic acids is 3. The topological polar surface area (TPSA) is 97.0 Å². The molecule has 0 aromatic heterocycles. The first-order chi connectivity index (χ1) is 12.1. The van der Waals surface area contributed by atoms with Gasteiger partial charge in [0.1, 0.15) is 25.3 Å². The summed E-state index contributed by atoms with van der Waals surface area (Å²) >= 11 is 0. The number of hydrogen-bond acceptors (Lipinski definition) is 5. The summed E-state index contributed by atoms with van der Waals surface area (Å²) in [6.07, 6.45) is 0. The lowest BCUT2D eigenvalue weighted by atomic mass is 9.91. The van der Waals surface area contributed by atoms with Gasteiger partial charge in [0, 0.05) is 5.54 Å². The molecule has 1 atom stereocenters. The van der Waals surface area contributed by atoms with Crippen LogP contribution in [0.4, 0.5) is 4.79 Å². The van der Waals surface area contributed by atoms with Crippen LogP contribution in [-0.2, 0) is 15.1 Å². The number of urea groups is 1. The third-order valence-corrected chi connectivity index (χ3v) is 4.21. The molecule has 26 heavy (non-hydrogen) atoms. The molecule has 2 aliphatic rings. The highest BCUT2D eigenvalue weighted by Gasteiger charge is 2.49. The van der Waals surface area contributed by atoms with Gasteiger partial charge in [0.2, 0.25) is 5.91 Å². The first-order valence-electron chi connectivity index (χ1n) is 8.45. The monoisotopic (exact) mass is 361 g/mol. The van der Waals surface area contributed by atoms with Crippen LogP contribution in [0.15, 0.2) is 18.2 Å². The van der Waals surface area contributed by atoms with E-state index in [1.54, 1.807) is 25.1 Å². The van der Waals surface area contributed by atoms with Crippen molar-refractivity contribution in [2.24, 2.45) is 0 Å². The van der Waals surface area contributed by atoms with Crippen molar-refractivity contribution < 1.29 is 23.9 Å². The fourth-order valence-corrected chi connectivity index (χ4v) is 2.99. The fraction of sp³-hybridized carbons (Fsp3) is 0.500. The molecule has 3 rings (SSSR count). The zero-order valence-corrected chi connectivity index (χ0v) is 15.3. The molecule has 2 aliphatic heterocycles. The normalized spacial score (nSPS) is 22.2. The van der Waals surface area contributed by atoms with Crippen molar-refractivity contribution in [2.45, 2.75) is 38.8 Å². The number of amides is 4. The minimum Gasteiger partial charge on any atom is -0.486 e. The molecule has 140 valence electrons. The quantitative estimate of drug-likeness (QED) is 0.787. The Kier molecular flexibility index (Phi) is 4.29. The van der Waals surface area contributed by atoms with Gasteiger partial charge in [0.25, 0.3) is 5.91 Å². The predicted octanol–water partition coefficient (Wildman–Crippen LogP) is 1.14. The van der Waals surface area contributed by atoms with Gasteiger partial charge in [-0.15, -0.1) is 0 Å². The van der Waals surface area contributed by atoms with E-state index in [9.17, 15) is 14.4 Å². The van der Waals surface area contributed by atoms with Gasteiger partial charge < -0.3 is 20.1 Å². The van der Waals surface area contributed by atoms with E-state index >= 15 is 0 Å². The van der Waals surface area contributed by atoms with Crippen molar-refractivity contribution >= 4 is 17.8 Å². The predicted molar refractivity (Wildman–Crippen MR) is 92.9 cm³/mol. The van der Waals surface area contributed by atoms with Gasteiger partial charge >= 0.3 is 6.03 Å². The van der Waals surface area contributed by atoms with E-state index in [1.807, 2.05) is 20.8 Å². The Hall–Kier alpha value is -2.77. The van der Waals surface area contributed by atoms with Crippen LogP contribution in [0.25, 0.3) is 0 Å². The van der Waals surface area contributed by atoms with Crippen molar-refractivity contribution in [2.75, 3.05) is 19.8 Å². The summed E-state index contributed by atoms with van der Waals surface area (Å²) in [4.78, 5) is 38.3. The van der Waals surface area contributed by atoms with Crippen LogP contribution in [0.1, 0.15) is 33.3 Å². The Bertz CT molecular complexity index is 771. The molecule has 0 bridgehead atoms. The van der Waals surface area contributed by atoms with Gasteiger partial charge in [-0.05, 0) is 45.4 Å². The van der Waals surface area contributed by atoms with E-state index in [1.165, 1.54) is 0 Å². The lowest BCUT2D eigenvalue weighted by Crippen LogP contribution is -2.48. The average molecular weight is 361 g/mol. The second-order valence-electron chi connectivity index (χ2n) is 7.60. The maximum Gasteiger partial charge on any atom is 0.325 e. The number of benzene rings is 1. The molecule has 2 heterocycles. The molecule has 1 fully saturated rings. The van der Waals surface area contributed by atoms with Crippen molar-refractivity contribution in [3.8, 4) is 11.5 Å². The van der Waals surface area contributed by atoms with Gasteiger partial charge in [-0.25, -0.2) is 4.79 Å². The minimum atomic E-state index is -1.27. The largest absolute Gasteiger partial charge is 0.486 e. The number of nitrogens with zero attached hydrogens (tertiary/aromatic N) is 1. The van der Waals surface area contributed by atoms with E-state index in [2.05, 4.69) is 10.6 Å². The standard InChI is InChI=1S/C18H23N3O5/c1-17(2,3)19-14(22)10-21-15(23)18(4,20-16(21)24)11-5-6-12-13(9-11)26-8-7-25-12/h5-6,9H,7-8,10H2,1-4H3,(H,19,22)(H,20,24). The first-order valence-corrected chi connectivity index (χ1v) is 8.45. The maximum absolute atomic E-state index is 12.9. The maximum atomic E-state index is 12.9. The average Bonchev–Trinajstić information content (AvgIpc) is 2.77. The highest BCUT2D eigenvalue weighted by atomic mass is 16.6. The fourth-order valence-electron chi connectivity index (χ4n) is 2.99. The minimum absolute atomic E-state index is 0.331. The van der Waals surface area contributed by atoms with Crippen LogP contribution in [0, 0.1) is 0 Å². The zero-order valence-electron chi connectivity index (χ0n) is 15.3. The summed E-state index contributed by atoms with van der Waals surface area (Å²) in [5.41, 5.74) is -1.15.